The van der Waals surface area contributed by atoms with Gasteiger partial charge in [-0.25, -0.2) is 5.48 Å². The summed E-state index contributed by atoms with van der Waals surface area (Å²) in [6.45, 7) is 2.35. The van der Waals surface area contributed by atoms with Crippen LogP contribution in [0.2, 0.25) is 0 Å². The molecule has 0 spiro atoms. The van der Waals surface area contributed by atoms with Gasteiger partial charge in [-0.15, -0.1) is 0 Å². The number of carbonyl (C=O) groups excluding carboxylic acids is 1. The van der Waals surface area contributed by atoms with Crippen LogP contribution in [0.5, 0.6) is 0 Å². The molecule has 0 saturated heterocycles. The minimum Gasteiger partial charge on any atom is -0.274 e. The molecule has 1 amide bonds. The molecule has 0 aromatic carbocycles. The van der Waals surface area contributed by atoms with Crippen molar-refractivity contribution < 1.29 is 9.63 Å². The van der Waals surface area contributed by atoms with E-state index in [1.165, 1.54) is 0 Å². The molecule has 0 radical (unpaired) electrons. The van der Waals surface area contributed by atoms with E-state index in [1.807, 2.05) is 13.0 Å². The topological polar surface area (TPSA) is 38.3 Å². The molecule has 0 fully saturated rings. The van der Waals surface area contributed by atoms with Crippen LogP contribution in [0.1, 0.15) is 26.2 Å². The van der Waals surface area contributed by atoms with Crippen molar-refractivity contribution in [2.75, 3.05) is 6.61 Å². The van der Waals surface area contributed by atoms with E-state index in [2.05, 4.69) is 5.48 Å². The maximum absolute atomic E-state index is 11.1. The van der Waals surface area contributed by atoms with E-state index in [4.69, 9.17) is 4.84 Å². The zero-order chi connectivity index (χ0) is 8.10. The largest absolute Gasteiger partial charge is 0.274 e. The van der Waals surface area contributed by atoms with E-state index in [1.54, 1.807) is 0 Å². The minimum atomic E-state index is -0.0793. The zero-order valence-electron chi connectivity index (χ0n) is 6.72. The van der Waals surface area contributed by atoms with Gasteiger partial charge < -0.3 is 0 Å². The third kappa shape index (κ3) is 2.35. The first kappa shape index (κ1) is 8.27. The van der Waals surface area contributed by atoms with E-state index in [0.29, 0.717) is 6.61 Å². The first-order valence-electron chi connectivity index (χ1n) is 3.95. The van der Waals surface area contributed by atoms with E-state index < -0.39 is 0 Å². The van der Waals surface area contributed by atoms with Crippen LogP contribution in [-0.2, 0) is 9.63 Å². The quantitative estimate of drug-likeness (QED) is 0.621. The molecule has 0 atom stereocenters. The van der Waals surface area contributed by atoms with Crippen molar-refractivity contribution in [3.05, 3.63) is 11.6 Å². The Morgan fingerprint density at radius 1 is 1.82 bits per heavy atom. The fourth-order valence-electron chi connectivity index (χ4n) is 1.08. The highest BCUT2D eigenvalue weighted by atomic mass is 16.6. The molecule has 1 aliphatic carbocycles. The molecule has 0 heterocycles. The van der Waals surface area contributed by atoms with Crippen LogP contribution in [0.15, 0.2) is 11.6 Å². The third-order valence-electron chi connectivity index (χ3n) is 1.64. The van der Waals surface area contributed by atoms with Gasteiger partial charge in [-0.3, -0.25) is 9.63 Å². The Bertz CT molecular complexity index is 175. The SMILES string of the molecule is CCONC(=O)C1=CCCC1. The molecule has 0 aliphatic heterocycles. The molecule has 1 N–H and O–H groups in total. The lowest BCUT2D eigenvalue weighted by Crippen LogP contribution is -2.24. The van der Waals surface area contributed by atoms with Crippen LogP contribution >= 0.6 is 0 Å². The average Bonchev–Trinajstić information content (AvgIpc) is 2.52. The predicted octanol–water partition coefficient (Wildman–Crippen LogP) is 1.16. The van der Waals surface area contributed by atoms with Crippen molar-refractivity contribution >= 4 is 5.91 Å². The smallest absolute Gasteiger partial charge is 0.270 e. The Hall–Kier alpha value is -0.830. The minimum absolute atomic E-state index is 0.0793. The Balaban J connectivity index is 2.29. The number of carbonyl (C=O) groups is 1. The van der Waals surface area contributed by atoms with Crippen LogP contribution in [-0.4, -0.2) is 12.5 Å². The predicted molar refractivity (Wildman–Crippen MR) is 41.7 cm³/mol. The molecule has 1 aliphatic rings. The van der Waals surface area contributed by atoms with Gasteiger partial charge in [-0.05, 0) is 26.2 Å². The van der Waals surface area contributed by atoms with Gasteiger partial charge >= 0.3 is 0 Å². The number of nitrogens with one attached hydrogen (secondary N) is 1. The van der Waals surface area contributed by atoms with Crippen molar-refractivity contribution in [3.63, 3.8) is 0 Å². The van der Waals surface area contributed by atoms with Gasteiger partial charge in [0, 0.05) is 5.57 Å². The Morgan fingerprint density at radius 2 is 2.64 bits per heavy atom. The summed E-state index contributed by atoms with van der Waals surface area (Å²) in [5.74, 6) is -0.0793. The highest BCUT2D eigenvalue weighted by Crippen LogP contribution is 2.16. The van der Waals surface area contributed by atoms with Crippen LogP contribution in [0, 0.1) is 0 Å². The molecule has 0 aromatic rings. The maximum atomic E-state index is 11.1. The van der Waals surface area contributed by atoms with Crippen molar-refractivity contribution in [1.29, 1.82) is 0 Å². The highest BCUT2D eigenvalue weighted by Gasteiger charge is 2.12. The molecule has 0 aromatic heterocycles. The summed E-state index contributed by atoms with van der Waals surface area (Å²) in [5.41, 5.74) is 3.23. The summed E-state index contributed by atoms with van der Waals surface area (Å²) in [7, 11) is 0. The van der Waals surface area contributed by atoms with E-state index in [9.17, 15) is 4.79 Å². The number of rotatable bonds is 3. The molecule has 0 saturated carbocycles. The van der Waals surface area contributed by atoms with Gasteiger partial charge in [0.05, 0.1) is 6.61 Å². The van der Waals surface area contributed by atoms with Crippen molar-refractivity contribution in [2.24, 2.45) is 0 Å². The second kappa shape index (κ2) is 4.13. The summed E-state index contributed by atoms with van der Waals surface area (Å²) in [4.78, 5) is 15.9. The molecule has 62 valence electrons. The van der Waals surface area contributed by atoms with Gasteiger partial charge in [0.1, 0.15) is 0 Å². The van der Waals surface area contributed by atoms with Crippen LogP contribution in [0.3, 0.4) is 0 Å². The van der Waals surface area contributed by atoms with E-state index in [0.717, 1.165) is 24.8 Å². The summed E-state index contributed by atoms with van der Waals surface area (Å²) in [6, 6.07) is 0. The molecular weight excluding hydrogens is 142 g/mol. The van der Waals surface area contributed by atoms with Crippen LogP contribution in [0.25, 0.3) is 0 Å². The second-order valence-electron chi connectivity index (χ2n) is 2.49. The average molecular weight is 155 g/mol. The molecule has 1 rings (SSSR count). The molecule has 0 bridgehead atoms. The van der Waals surface area contributed by atoms with Crippen molar-refractivity contribution in [2.45, 2.75) is 26.2 Å². The third-order valence-corrected chi connectivity index (χ3v) is 1.64. The fraction of sp³-hybridized carbons (Fsp3) is 0.625. The van der Waals surface area contributed by atoms with E-state index in [-0.39, 0.29) is 5.91 Å². The van der Waals surface area contributed by atoms with Gasteiger partial charge in [0.2, 0.25) is 0 Å². The number of allylic oxidation sites excluding steroid dienone is 1. The summed E-state index contributed by atoms with van der Waals surface area (Å²) >= 11 is 0. The van der Waals surface area contributed by atoms with Crippen LogP contribution in [0.4, 0.5) is 0 Å². The lowest BCUT2D eigenvalue weighted by molar-refractivity contribution is -0.129. The molecular formula is C8H13NO2. The summed E-state index contributed by atoms with van der Waals surface area (Å²) in [5, 5.41) is 0. The lowest BCUT2D eigenvalue weighted by Gasteiger charge is -2.02. The number of hydrogen-bond acceptors (Lipinski definition) is 2. The number of hydrogen-bond donors (Lipinski definition) is 1. The first-order valence-corrected chi connectivity index (χ1v) is 3.95. The van der Waals surface area contributed by atoms with Crippen molar-refractivity contribution in [1.82, 2.24) is 5.48 Å². The number of hydroxylamine groups is 1. The molecule has 3 heteroatoms. The first-order chi connectivity index (χ1) is 5.34. The Kier molecular flexibility index (Phi) is 3.11. The fourth-order valence-corrected chi connectivity index (χ4v) is 1.08. The standard InChI is InChI=1S/C8H13NO2/c1-2-11-9-8(10)7-5-3-4-6-7/h5H,2-4,6H2,1H3,(H,9,10). The normalized spacial score (nSPS) is 16.3. The van der Waals surface area contributed by atoms with Gasteiger partial charge in [0.15, 0.2) is 0 Å². The summed E-state index contributed by atoms with van der Waals surface area (Å²) in [6.07, 6.45) is 4.97. The van der Waals surface area contributed by atoms with Gasteiger partial charge in [-0.1, -0.05) is 6.08 Å². The second-order valence-corrected chi connectivity index (χ2v) is 2.49. The van der Waals surface area contributed by atoms with E-state index >= 15 is 0 Å². The highest BCUT2D eigenvalue weighted by molar-refractivity contribution is 5.92. The van der Waals surface area contributed by atoms with Crippen molar-refractivity contribution in [3.8, 4) is 0 Å². The molecule has 11 heavy (non-hydrogen) atoms. The summed E-state index contributed by atoms with van der Waals surface area (Å²) < 4.78 is 0. The lowest BCUT2D eigenvalue weighted by atomic mass is 10.2. The van der Waals surface area contributed by atoms with Gasteiger partial charge in [-0.2, -0.15) is 0 Å². The number of amides is 1. The van der Waals surface area contributed by atoms with Crippen LogP contribution < -0.4 is 5.48 Å². The monoisotopic (exact) mass is 155 g/mol. The Morgan fingerprint density at radius 3 is 3.18 bits per heavy atom. The maximum Gasteiger partial charge on any atom is 0.270 e. The molecule has 3 nitrogen and oxygen atoms in total. The molecule has 0 unspecified atom stereocenters. The zero-order valence-corrected chi connectivity index (χ0v) is 6.72. The van der Waals surface area contributed by atoms with Gasteiger partial charge in [0.25, 0.3) is 5.91 Å². The Labute approximate surface area is 66.4 Å².